The van der Waals surface area contributed by atoms with Crippen molar-refractivity contribution in [3.8, 4) is 0 Å². The van der Waals surface area contributed by atoms with Crippen molar-refractivity contribution in [2.45, 2.75) is 45.1 Å². The van der Waals surface area contributed by atoms with Gasteiger partial charge in [0.1, 0.15) is 13.7 Å². The molecule has 0 amide bonds. The summed E-state index contributed by atoms with van der Waals surface area (Å²) in [5.74, 6) is 0.831. The van der Waals surface area contributed by atoms with Gasteiger partial charge in [-0.3, -0.25) is 0 Å². The van der Waals surface area contributed by atoms with Gasteiger partial charge in [-0.1, -0.05) is 65.6 Å². The summed E-state index contributed by atoms with van der Waals surface area (Å²) in [6.07, 6.45) is 4.84. The Labute approximate surface area is 182 Å². The first kappa shape index (κ1) is 21.1. The molecule has 6 heteroatoms. The second-order valence-corrected chi connectivity index (χ2v) is 8.19. The number of carbonyl (C=O) groups is 1. The summed E-state index contributed by atoms with van der Waals surface area (Å²) in [6.45, 7) is 2.19. The van der Waals surface area contributed by atoms with E-state index in [-0.39, 0.29) is 12.3 Å². The van der Waals surface area contributed by atoms with E-state index in [4.69, 9.17) is 14.4 Å². The van der Waals surface area contributed by atoms with Crippen molar-refractivity contribution in [1.82, 2.24) is 0 Å². The number of esters is 1. The van der Waals surface area contributed by atoms with Gasteiger partial charge in [0.15, 0.2) is 5.71 Å². The van der Waals surface area contributed by atoms with Crippen LogP contribution >= 0.6 is 0 Å². The number of methoxy groups -OCH3 is 1. The van der Waals surface area contributed by atoms with Gasteiger partial charge in [-0.25, -0.2) is 4.79 Å². The summed E-state index contributed by atoms with van der Waals surface area (Å²) < 4.78 is 4.87. The van der Waals surface area contributed by atoms with Crippen molar-refractivity contribution in [1.29, 1.82) is 0 Å². The van der Waals surface area contributed by atoms with Crippen LogP contribution in [0.25, 0.3) is 0 Å². The Hall–Kier alpha value is -3.15. The van der Waals surface area contributed by atoms with E-state index in [9.17, 15) is 4.79 Å². The van der Waals surface area contributed by atoms with Crippen LogP contribution in [0.3, 0.4) is 0 Å². The first-order chi connectivity index (χ1) is 15.1. The summed E-state index contributed by atoms with van der Waals surface area (Å²) in [5, 5.41) is 8.40. The lowest BCUT2D eigenvalue weighted by molar-refractivity contribution is -0.132. The summed E-state index contributed by atoms with van der Waals surface area (Å²) >= 11 is 0. The van der Waals surface area contributed by atoms with Crippen molar-refractivity contribution in [3.05, 3.63) is 70.3 Å². The molecule has 1 saturated carbocycles. The average Bonchev–Trinajstić information content (AvgIpc) is 3.54. The fourth-order valence-corrected chi connectivity index (χ4v) is 4.30. The second kappa shape index (κ2) is 9.33. The highest BCUT2D eigenvalue weighted by atomic mass is 16.6. The van der Waals surface area contributed by atoms with Crippen LogP contribution in [0.2, 0.25) is 0 Å². The molecular formula is C25H28N2O4. The molecule has 4 rings (SSSR count). The maximum atomic E-state index is 12.2. The number of ether oxygens (including phenoxy) is 1. The number of fused-ring (bicyclic) bond motifs is 1. The topological polar surface area (TPSA) is 69.5 Å². The molecule has 0 spiro atoms. The molecular weight excluding hydrogens is 392 g/mol. The molecule has 2 aromatic rings. The zero-order valence-electron chi connectivity index (χ0n) is 18.3. The van der Waals surface area contributed by atoms with Crippen LogP contribution in [0.5, 0.6) is 0 Å². The van der Waals surface area contributed by atoms with E-state index >= 15 is 0 Å². The molecule has 0 bridgehead atoms. The highest BCUT2D eigenvalue weighted by Gasteiger charge is 2.33. The fourth-order valence-electron chi connectivity index (χ4n) is 4.30. The SMILES string of the molecule is CO/N=C(/C(=O)OC)c1cccc(C)c1CO/N=C1\CC(CC2CC2)c2ccccc21. The van der Waals surface area contributed by atoms with Crippen molar-refractivity contribution in [3.63, 3.8) is 0 Å². The van der Waals surface area contributed by atoms with Gasteiger partial charge in [0.25, 0.3) is 0 Å². The Bertz CT molecular complexity index is 1020. The van der Waals surface area contributed by atoms with Gasteiger partial charge in [-0.2, -0.15) is 0 Å². The molecule has 0 N–H and O–H groups in total. The number of oxime groups is 2. The van der Waals surface area contributed by atoms with Crippen LogP contribution in [0, 0.1) is 12.8 Å². The monoisotopic (exact) mass is 420 g/mol. The fraction of sp³-hybridized carbons (Fsp3) is 0.400. The standard InChI is InChI=1S/C25H28N2O4/c1-16-7-6-10-21(24(27-30-3)25(28)29-2)22(16)15-31-26-23-14-18(13-17-11-12-17)19-8-4-5-9-20(19)23/h4-10,17-18H,11-15H2,1-3H3/b26-23+,27-24+. The normalized spacial score (nSPS) is 19.3. The highest BCUT2D eigenvalue weighted by Crippen LogP contribution is 2.44. The predicted octanol–water partition coefficient (Wildman–Crippen LogP) is 4.73. The lowest BCUT2D eigenvalue weighted by atomic mass is 9.95. The maximum Gasteiger partial charge on any atom is 0.360 e. The lowest BCUT2D eigenvalue weighted by Gasteiger charge is -2.12. The molecule has 0 radical (unpaired) electrons. The summed E-state index contributed by atoms with van der Waals surface area (Å²) in [6, 6.07) is 14.1. The van der Waals surface area contributed by atoms with Crippen LogP contribution in [0.15, 0.2) is 52.8 Å². The Morgan fingerprint density at radius 2 is 1.90 bits per heavy atom. The van der Waals surface area contributed by atoms with Crippen molar-refractivity contribution < 1.29 is 19.2 Å². The molecule has 162 valence electrons. The van der Waals surface area contributed by atoms with Crippen LogP contribution < -0.4 is 0 Å². The quantitative estimate of drug-likeness (QED) is 0.352. The maximum absolute atomic E-state index is 12.2. The molecule has 2 aliphatic rings. The zero-order valence-corrected chi connectivity index (χ0v) is 18.3. The number of benzene rings is 2. The van der Waals surface area contributed by atoms with Crippen LogP contribution in [0.4, 0.5) is 0 Å². The second-order valence-electron chi connectivity index (χ2n) is 8.19. The van der Waals surface area contributed by atoms with E-state index in [0.29, 0.717) is 11.5 Å². The molecule has 0 heterocycles. The molecule has 2 aromatic carbocycles. The molecule has 1 unspecified atom stereocenters. The number of carbonyl (C=O) groups excluding carboxylic acids is 1. The van der Waals surface area contributed by atoms with Crippen molar-refractivity contribution >= 4 is 17.4 Å². The molecule has 1 fully saturated rings. The molecule has 0 aromatic heterocycles. The molecule has 6 nitrogen and oxygen atoms in total. The van der Waals surface area contributed by atoms with Gasteiger partial charge in [-0.05, 0) is 36.3 Å². The third-order valence-electron chi connectivity index (χ3n) is 6.08. The Morgan fingerprint density at radius 3 is 2.65 bits per heavy atom. The number of aryl methyl sites for hydroxylation is 1. The highest BCUT2D eigenvalue weighted by molar-refractivity contribution is 6.43. The summed E-state index contributed by atoms with van der Waals surface area (Å²) in [5.41, 5.74) is 6.10. The third kappa shape index (κ3) is 4.63. The minimum Gasteiger partial charge on any atom is -0.464 e. The van der Waals surface area contributed by atoms with Crippen LogP contribution in [-0.2, 0) is 25.8 Å². The number of hydrogen-bond donors (Lipinski definition) is 0. The molecule has 2 aliphatic carbocycles. The predicted molar refractivity (Wildman–Crippen MR) is 119 cm³/mol. The van der Waals surface area contributed by atoms with Crippen molar-refractivity contribution in [2.24, 2.45) is 16.2 Å². The van der Waals surface area contributed by atoms with E-state index < -0.39 is 5.97 Å². The van der Waals surface area contributed by atoms with E-state index in [0.717, 1.165) is 29.2 Å². The third-order valence-corrected chi connectivity index (χ3v) is 6.08. The lowest BCUT2D eigenvalue weighted by Crippen LogP contribution is -2.20. The number of nitrogens with zero attached hydrogens (tertiary/aromatic N) is 2. The van der Waals surface area contributed by atoms with Gasteiger partial charge in [0.05, 0.1) is 12.8 Å². The number of hydrogen-bond acceptors (Lipinski definition) is 6. The van der Waals surface area contributed by atoms with Crippen LogP contribution in [-0.4, -0.2) is 31.6 Å². The number of rotatable bonds is 8. The first-order valence-electron chi connectivity index (χ1n) is 10.7. The van der Waals surface area contributed by atoms with E-state index in [2.05, 4.69) is 34.6 Å². The molecule has 31 heavy (non-hydrogen) atoms. The van der Waals surface area contributed by atoms with E-state index in [1.54, 1.807) is 0 Å². The minimum atomic E-state index is -0.562. The van der Waals surface area contributed by atoms with Gasteiger partial charge in [0.2, 0.25) is 0 Å². The van der Waals surface area contributed by atoms with Gasteiger partial charge < -0.3 is 14.4 Å². The van der Waals surface area contributed by atoms with Gasteiger partial charge in [0, 0.05) is 23.1 Å². The average molecular weight is 421 g/mol. The summed E-state index contributed by atoms with van der Waals surface area (Å²) in [4.78, 5) is 22.9. The zero-order chi connectivity index (χ0) is 21.8. The van der Waals surface area contributed by atoms with Gasteiger partial charge in [-0.15, -0.1) is 0 Å². The van der Waals surface area contributed by atoms with Crippen LogP contribution in [0.1, 0.15) is 59.4 Å². The molecule has 1 atom stereocenters. The van der Waals surface area contributed by atoms with Crippen molar-refractivity contribution in [2.75, 3.05) is 14.2 Å². The van der Waals surface area contributed by atoms with Gasteiger partial charge >= 0.3 is 5.97 Å². The Morgan fingerprint density at radius 1 is 1.10 bits per heavy atom. The summed E-state index contributed by atoms with van der Waals surface area (Å²) in [7, 11) is 2.72. The smallest absolute Gasteiger partial charge is 0.360 e. The minimum absolute atomic E-state index is 0.107. The van der Waals surface area contributed by atoms with E-state index in [1.165, 1.54) is 44.6 Å². The first-order valence-corrected chi connectivity index (χ1v) is 10.7. The largest absolute Gasteiger partial charge is 0.464 e. The molecule has 0 saturated heterocycles. The Balaban J connectivity index is 1.55. The Kier molecular flexibility index (Phi) is 6.35. The molecule has 0 aliphatic heterocycles. The van der Waals surface area contributed by atoms with E-state index in [1.807, 2.05) is 25.1 Å².